The minimum atomic E-state index is -4.70. The molecule has 9 heteroatoms. The van der Waals surface area contributed by atoms with Crippen molar-refractivity contribution in [1.29, 1.82) is 0 Å². The van der Waals surface area contributed by atoms with Crippen molar-refractivity contribution in [2.24, 2.45) is 5.92 Å². The molecule has 1 aromatic carbocycles. The summed E-state index contributed by atoms with van der Waals surface area (Å²) >= 11 is 0. The lowest BCUT2D eigenvalue weighted by Crippen LogP contribution is -2.47. The quantitative estimate of drug-likeness (QED) is 0.759. The van der Waals surface area contributed by atoms with Crippen LogP contribution in [0, 0.1) is 5.92 Å². The van der Waals surface area contributed by atoms with E-state index in [4.69, 9.17) is 0 Å². The second kappa shape index (κ2) is 7.00. The molecule has 2 aliphatic rings. The van der Waals surface area contributed by atoms with Gasteiger partial charge >= 0.3 is 6.18 Å². The van der Waals surface area contributed by atoms with Crippen LogP contribution >= 0.6 is 0 Å². The summed E-state index contributed by atoms with van der Waals surface area (Å²) in [6.07, 6.45) is -3.60. The molecule has 2 fully saturated rings. The van der Waals surface area contributed by atoms with Gasteiger partial charge in [0.25, 0.3) is 11.8 Å². The summed E-state index contributed by atoms with van der Waals surface area (Å²) in [5, 5.41) is 2.77. The first kappa shape index (κ1) is 20.5. The van der Waals surface area contributed by atoms with Crippen LogP contribution in [0.4, 0.5) is 22.0 Å². The van der Waals surface area contributed by atoms with Crippen LogP contribution in [0.3, 0.4) is 0 Å². The van der Waals surface area contributed by atoms with Gasteiger partial charge in [-0.3, -0.25) is 9.59 Å². The van der Waals surface area contributed by atoms with Gasteiger partial charge in [-0.2, -0.15) is 13.2 Å². The fourth-order valence-corrected chi connectivity index (χ4v) is 3.56. The van der Waals surface area contributed by atoms with E-state index in [1.165, 1.54) is 7.05 Å². The second-order valence-corrected chi connectivity index (χ2v) is 7.82. The van der Waals surface area contributed by atoms with Crippen LogP contribution < -0.4 is 5.32 Å². The van der Waals surface area contributed by atoms with Gasteiger partial charge in [0.1, 0.15) is 0 Å². The number of hydrogen-bond acceptors (Lipinski definition) is 2. The zero-order valence-corrected chi connectivity index (χ0v) is 15.4. The normalized spacial score (nSPS) is 25.6. The Labute approximate surface area is 159 Å². The highest BCUT2D eigenvalue weighted by Gasteiger charge is 2.58. The van der Waals surface area contributed by atoms with E-state index in [1.54, 1.807) is 0 Å². The average Bonchev–Trinajstić information content (AvgIpc) is 3.19. The minimum Gasteiger partial charge on any atom is -0.352 e. The van der Waals surface area contributed by atoms with Gasteiger partial charge in [0.15, 0.2) is 0 Å². The number of halogens is 5. The molecule has 28 heavy (non-hydrogen) atoms. The van der Waals surface area contributed by atoms with E-state index in [-0.39, 0.29) is 23.7 Å². The summed E-state index contributed by atoms with van der Waals surface area (Å²) in [5.74, 6) is -5.18. The molecule has 2 aliphatic carbocycles. The van der Waals surface area contributed by atoms with Gasteiger partial charge < -0.3 is 10.2 Å². The van der Waals surface area contributed by atoms with Crippen molar-refractivity contribution in [2.75, 3.05) is 13.6 Å². The smallest absolute Gasteiger partial charge is 0.352 e. The van der Waals surface area contributed by atoms with Crippen LogP contribution in [0.5, 0.6) is 0 Å². The van der Waals surface area contributed by atoms with Gasteiger partial charge in [-0.05, 0) is 42.5 Å². The molecule has 2 amide bonds. The zero-order chi connectivity index (χ0) is 20.9. The van der Waals surface area contributed by atoms with Crippen molar-refractivity contribution in [3.8, 4) is 0 Å². The number of rotatable bonds is 5. The monoisotopic (exact) mass is 404 g/mol. The van der Waals surface area contributed by atoms with Crippen molar-refractivity contribution in [1.82, 2.24) is 10.2 Å². The molecule has 0 saturated heterocycles. The Morgan fingerprint density at radius 2 is 1.86 bits per heavy atom. The van der Waals surface area contributed by atoms with Gasteiger partial charge in [-0.25, -0.2) is 8.78 Å². The van der Waals surface area contributed by atoms with Gasteiger partial charge in [0, 0.05) is 25.1 Å². The highest BCUT2D eigenvalue weighted by atomic mass is 19.4. The predicted molar refractivity (Wildman–Crippen MR) is 91.0 cm³/mol. The van der Waals surface area contributed by atoms with E-state index < -0.39 is 41.8 Å². The number of benzene rings is 1. The third-order valence-electron chi connectivity index (χ3n) is 5.28. The van der Waals surface area contributed by atoms with Crippen LogP contribution in [-0.2, 0) is 11.0 Å². The van der Waals surface area contributed by atoms with Crippen LogP contribution in [0.2, 0.25) is 0 Å². The summed E-state index contributed by atoms with van der Waals surface area (Å²) < 4.78 is 65.9. The molecule has 1 atom stereocenters. The second-order valence-electron chi connectivity index (χ2n) is 7.82. The van der Waals surface area contributed by atoms with Crippen molar-refractivity contribution in [2.45, 2.75) is 50.2 Å². The predicted octanol–water partition coefficient (Wildman–Crippen LogP) is 3.81. The number of carbonyl (C=O) groups is 2. The molecule has 2 saturated carbocycles. The lowest BCUT2D eigenvalue weighted by molar-refractivity contribution is -0.137. The summed E-state index contributed by atoms with van der Waals surface area (Å²) in [7, 11) is 1.32. The Hall–Kier alpha value is -2.19. The first-order valence-electron chi connectivity index (χ1n) is 9.02. The lowest BCUT2D eigenvalue weighted by atomic mass is 9.82. The largest absolute Gasteiger partial charge is 0.416 e. The molecule has 0 radical (unpaired) electrons. The third-order valence-corrected chi connectivity index (χ3v) is 5.28. The molecule has 0 aromatic heterocycles. The van der Waals surface area contributed by atoms with Crippen molar-refractivity contribution >= 4 is 11.8 Å². The Balaban J connectivity index is 1.75. The number of amides is 2. The first-order chi connectivity index (χ1) is 12.9. The molecule has 3 rings (SSSR count). The van der Waals surface area contributed by atoms with Crippen LogP contribution in [-0.4, -0.2) is 42.3 Å². The van der Waals surface area contributed by atoms with Crippen molar-refractivity contribution in [3.63, 3.8) is 0 Å². The van der Waals surface area contributed by atoms with E-state index in [9.17, 15) is 31.5 Å². The Kier molecular flexibility index (Phi) is 5.14. The fourth-order valence-electron chi connectivity index (χ4n) is 3.56. The molecular formula is C19H21F5N2O2. The summed E-state index contributed by atoms with van der Waals surface area (Å²) in [6.45, 7) is 1.75. The van der Waals surface area contributed by atoms with E-state index >= 15 is 0 Å². The highest BCUT2D eigenvalue weighted by molar-refractivity contribution is 5.98. The molecule has 0 spiro atoms. The van der Waals surface area contributed by atoms with Gasteiger partial charge in [-0.15, -0.1) is 0 Å². The van der Waals surface area contributed by atoms with Crippen molar-refractivity contribution < 1.29 is 31.5 Å². The molecule has 4 nitrogen and oxygen atoms in total. The summed E-state index contributed by atoms with van der Waals surface area (Å²) in [6, 6.07) is 2.28. The molecule has 1 N–H and O–H groups in total. The van der Waals surface area contributed by atoms with Gasteiger partial charge in [-0.1, -0.05) is 6.92 Å². The highest BCUT2D eigenvalue weighted by Crippen LogP contribution is 2.57. The molecule has 154 valence electrons. The third kappa shape index (κ3) is 4.28. The Morgan fingerprint density at radius 3 is 2.36 bits per heavy atom. The molecule has 0 bridgehead atoms. The minimum absolute atomic E-state index is 0.0535. The Bertz CT molecular complexity index is 787. The van der Waals surface area contributed by atoms with Crippen LogP contribution in [0.25, 0.3) is 0 Å². The molecular weight excluding hydrogens is 383 g/mol. The number of likely N-dealkylation sites (N-methyl/N-ethyl adjacent to an activating group) is 1. The number of hydrogen-bond donors (Lipinski definition) is 1. The van der Waals surface area contributed by atoms with E-state index in [1.807, 2.05) is 0 Å². The molecule has 0 heterocycles. The maximum Gasteiger partial charge on any atom is 0.416 e. The molecule has 0 aliphatic heterocycles. The topological polar surface area (TPSA) is 49.4 Å². The van der Waals surface area contributed by atoms with E-state index in [0.29, 0.717) is 18.1 Å². The number of carbonyl (C=O) groups excluding carboxylic acids is 2. The van der Waals surface area contributed by atoms with Crippen LogP contribution in [0.15, 0.2) is 18.2 Å². The van der Waals surface area contributed by atoms with Gasteiger partial charge in [0.05, 0.1) is 18.0 Å². The SMILES string of the molecule is CC1CC(NC(=O)CN(C)C(=O)c2ccc(C(F)(F)F)cc2C2CC2(F)F)C1. The van der Waals surface area contributed by atoms with Gasteiger partial charge in [0.2, 0.25) is 5.91 Å². The maximum absolute atomic E-state index is 13.5. The number of nitrogens with zero attached hydrogens (tertiary/aromatic N) is 1. The van der Waals surface area contributed by atoms with Crippen molar-refractivity contribution in [3.05, 3.63) is 34.9 Å². The summed E-state index contributed by atoms with van der Waals surface area (Å²) in [4.78, 5) is 25.7. The van der Waals surface area contributed by atoms with E-state index in [2.05, 4.69) is 12.2 Å². The molecule has 1 unspecified atom stereocenters. The first-order valence-corrected chi connectivity index (χ1v) is 9.02. The zero-order valence-electron chi connectivity index (χ0n) is 15.4. The maximum atomic E-state index is 13.5. The Morgan fingerprint density at radius 1 is 1.25 bits per heavy atom. The lowest BCUT2D eigenvalue weighted by Gasteiger charge is -2.33. The average molecular weight is 404 g/mol. The summed E-state index contributed by atoms with van der Waals surface area (Å²) in [5.41, 5.74) is -1.64. The fraction of sp³-hybridized carbons (Fsp3) is 0.579. The number of nitrogens with one attached hydrogen (secondary N) is 1. The van der Waals surface area contributed by atoms with Crippen LogP contribution in [0.1, 0.15) is 53.6 Å². The number of alkyl halides is 5. The standard InChI is InChI=1S/C19H21F5N2O2/c1-10-5-12(6-10)25-16(27)9-26(2)17(28)13-4-3-11(19(22,23)24)7-14(13)15-8-18(15,20)21/h3-4,7,10,12,15H,5-6,8-9H2,1-2H3,(H,25,27). The van der Waals surface area contributed by atoms with E-state index in [0.717, 1.165) is 23.8 Å². The molecule has 1 aromatic rings.